The molecule has 0 radical (unpaired) electrons. The lowest BCUT2D eigenvalue weighted by molar-refractivity contribution is -0.385. The van der Waals surface area contributed by atoms with Crippen LogP contribution in [0.3, 0.4) is 0 Å². The van der Waals surface area contributed by atoms with Crippen LogP contribution in [0.25, 0.3) is 0 Å². The summed E-state index contributed by atoms with van der Waals surface area (Å²) in [6.45, 7) is 1.93. The minimum Gasteiger partial charge on any atom is -0.396 e. The molecule has 1 aromatic rings. The van der Waals surface area contributed by atoms with Crippen LogP contribution in [0, 0.1) is 15.9 Å². The van der Waals surface area contributed by atoms with E-state index in [-0.39, 0.29) is 17.3 Å². The lowest BCUT2D eigenvalue weighted by atomic mass is 10.1. The van der Waals surface area contributed by atoms with Crippen molar-refractivity contribution >= 4 is 29.0 Å². The third kappa shape index (κ3) is 3.84. The fourth-order valence-corrected chi connectivity index (χ4v) is 2.80. The summed E-state index contributed by atoms with van der Waals surface area (Å²) in [5.41, 5.74) is 4.38. The summed E-state index contributed by atoms with van der Waals surface area (Å²) < 4.78 is 13.4. The first-order chi connectivity index (χ1) is 9.83. The molecule has 116 valence electrons. The maximum absolute atomic E-state index is 13.4. The zero-order valence-electron chi connectivity index (χ0n) is 12.1. The molecular formula is C13H18FN3O3S. The van der Waals surface area contributed by atoms with Crippen molar-refractivity contribution in [2.45, 2.75) is 19.4 Å². The molecule has 0 saturated carbocycles. The number of anilines is 1. The van der Waals surface area contributed by atoms with E-state index in [2.05, 4.69) is 0 Å². The number of nitrogens with two attached hydrogens (primary N) is 1. The molecule has 1 amide bonds. The smallest absolute Gasteiger partial charge is 0.285 e. The third-order valence-electron chi connectivity index (χ3n) is 3.24. The number of carbonyl (C=O) groups excluding carboxylic acids is 1. The van der Waals surface area contributed by atoms with Crippen LogP contribution >= 0.6 is 11.8 Å². The molecule has 0 bridgehead atoms. The molecule has 0 aromatic heterocycles. The Morgan fingerprint density at radius 1 is 1.57 bits per heavy atom. The maximum Gasteiger partial charge on any atom is 0.285 e. The van der Waals surface area contributed by atoms with Crippen molar-refractivity contribution in [3.63, 3.8) is 0 Å². The average molecular weight is 315 g/mol. The Labute approximate surface area is 126 Å². The van der Waals surface area contributed by atoms with Crippen LogP contribution in [-0.4, -0.2) is 40.8 Å². The summed E-state index contributed by atoms with van der Waals surface area (Å²) in [4.78, 5) is 24.1. The van der Waals surface area contributed by atoms with Crippen molar-refractivity contribution in [1.29, 1.82) is 0 Å². The number of nitrogens with zero attached hydrogens (tertiary/aromatic N) is 2. The predicted octanol–water partition coefficient (Wildman–Crippen LogP) is 2.53. The topological polar surface area (TPSA) is 89.5 Å². The van der Waals surface area contributed by atoms with Gasteiger partial charge in [-0.05, 0) is 18.7 Å². The standard InChI is InChI=1S/C13H18FN3O3S/c1-4-8(7-21-3)16(2)13(18)9-5-11(15)10(14)6-12(9)17(19)20/h5-6,8H,4,7,15H2,1-3H3. The van der Waals surface area contributed by atoms with E-state index < -0.39 is 22.3 Å². The fourth-order valence-electron chi connectivity index (χ4n) is 1.95. The number of carbonyl (C=O) groups is 1. The summed E-state index contributed by atoms with van der Waals surface area (Å²) in [6.07, 6.45) is 2.63. The Balaban J connectivity index is 3.22. The van der Waals surface area contributed by atoms with E-state index in [0.29, 0.717) is 18.2 Å². The van der Waals surface area contributed by atoms with E-state index in [1.54, 1.807) is 18.8 Å². The van der Waals surface area contributed by atoms with Crippen molar-refractivity contribution in [2.24, 2.45) is 0 Å². The number of nitro benzene ring substituents is 1. The van der Waals surface area contributed by atoms with E-state index in [1.807, 2.05) is 13.2 Å². The number of hydrogen-bond acceptors (Lipinski definition) is 5. The molecule has 0 aliphatic heterocycles. The number of rotatable bonds is 6. The Kier molecular flexibility index (Phi) is 5.95. The van der Waals surface area contributed by atoms with E-state index >= 15 is 0 Å². The first-order valence-electron chi connectivity index (χ1n) is 6.32. The van der Waals surface area contributed by atoms with Gasteiger partial charge in [-0.1, -0.05) is 6.92 Å². The van der Waals surface area contributed by atoms with Crippen molar-refractivity contribution in [1.82, 2.24) is 4.90 Å². The Morgan fingerprint density at radius 2 is 2.19 bits per heavy atom. The van der Waals surface area contributed by atoms with Gasteiger partial charge in [-0.2, -0.15) is 11.8 Å². The molecule has 0 heterocycles. The van der Waals surface area contributed by atoms with Crippen molar-refractivity contribution in [3.8, 4) is 0 Å². The first kappa shape index (κ1) is 17.2. The number of thioether (sulfide) groups is 1. The number of nitro groups is 1. The van der Waals surface area contributed by atoms with E-state index in [4.69, 9.17) is 5.73 Å². The second-order valence-electron chi connectivity index (χ2n) is 4.58. The number of halogens is 1. The summed E-state index contributed by atoms with van der Waals surface area (Å²) >= 11 is 1.58. The average Bonchev–Trinajstić information content (AvgIpc) is 2.45. The molecule has 1 aromatic carbocycles. The van der Waals surface area contributed by atoms with Crippen LogP contribution in [0.5, 0.6) is 0 Å². The Bertz CT molecular complexity index is 554. The molecule has 0 aliphatic carbocycles. The summed E-state index contributed by atoms with van der Waals surface area (Å²) in [5, 5.41) is 11.0. The van der Waals surface area contributed by atoms with E-state index in [9.17, 15) is 19.3 Å². The molecule has 21 heavy (non-hydrogen) atoms. The van der Waals surface area contributed by atoms with Crippen LogP contribution in [0.1, 0.15) is 23.7 Å². The van der Waals surface area contributed by atoms with Crippen LogP contribution in [0.15, 0.2) is 12.1 Å². The van der Waals surface area contributed by atoms with Gasteiger partial charge < -0.3 is 10.6 Å². The van der Waals surface area contributed by atoms with Crippen molar-refractivity contribution < 1.29 is 14.1 Å². The molecule has 1 atom stereocenters. The maximum atomic E-state index is 13.4. The molecular weight excluding hydrogens is 297 g/mol. The minimum atomic E-state index is -0.906. The highest BCUT2D eigenvalue weighted by Crippen LogP contribution is 2.26. The predicted molar refractivity (Wildman–Crippen MR) is 82.0 cm³/mol. The number of amides is 1. The zero-order chi connectivity index (χ0) is 16.2. The first-order valence-corrected chi connectivity index (χ1v) is 7.72. The molecule has 8 heteroatoms. The van der Waals surface area contributed by atoms with Gasteiger partial charge in [0, 0.05) is 18.8 Å². The Morgan fingerprint density at radius 3 is 2.67 bits per heavy atom. The number of nitrogen functional groups attached to an aromatic ring is 1. The highest BCUT2D eigenvalue weighted by atomic mass is 32.2. The fraction of sp³-hybridized carbons (Fsp3) is 0.462. The van der Waals surface area contributed by atoms with Gasteiger partial charge in [0.15, 0.2) is 5.82 Å². The second-order valence-corrected chi connectivity index (χ2v) is 5.49. The van der Waals surface area contributed by atoms with Gasteiger partial charge in [0.1, 0.15) is 5.56 Å². The highest BCUT2D eigenvalue weighted by molar-refractivity contribution is 7.98. The monoisotopic (exact) mass is 315 g/mol. The van der Waals surface area contributed by atoms with Gasteiger partial charge in [0.05, 0.1) is 16.7 Å². The summed E-state index contributed by atoms with van der Waals surface area (Å²) in [6, 6.07) is 1.66. The molecule has 0 fully saturated rings. The lowest BCUT2D eigenvalue weighted by Gasteiger charge is -2.26. The molecule has 0 spiro atoms. The van der Waals surface area contributed by atoms with Crippen molar-refractivity contribution in [3.05, 3.63) is 33.6 Å². The Hall–Kier alpha value is -1.83. The summed E-state index contributed by atoms with van der Waals surface area (Å²) in [5.74, 6) is -0.727. The highest BCUT2D eigenvalue weighted by Gasteiger charge is 2.27. The van der Waals surface area contributed by atoms with E-state index in [1.165, 1.54) is 4.90 Å². The van der Waals surface area contributed by atoms with Gasteiger partial charge in [-0.25, -0.2) is 4.39 Å². The van der Waals surface area contributed by atoms with Gasteiger partial charge in [-0.15, -0.1) is 0 Å². The van der Waals surface area contributed by atoms with Gasteiger partial charge in [0.2, 0.25) is 0 Å². The number of hydrogen-bond donors (Lipinski definition) is 1. The zero-order valence-corrected chi connectivity index (χ0v) is 12.9. The summed E-state index contributed by atoms with van der Waals surface area (Å²) in [7, 11) is 1.58. The van der Waals surface area contributed by atoms with E-state index in [0.717, 1.165) is 6.07 Å². The second kappa shape index (κ2) is 7.26. The molecule has 0 saturated heterocycles. The SMILES string of the molecule is CCC(CSC)N(C)C(=O)c1cc(N)c(F)cc1[N+](=O)[O-]. The van der Waals surface area contributed by atoms with Crippen LogP contribution < -0.4 is 5.73 Å². The molecule has 1 rings (SSSR count). The molecule has 0 aliphatic rings. The molecule has 6 nitrogen and oxygen atoms in total. The van der Waals surface area contributed by atoms with Gasteiger partial charge >= 0.3 is 0 Å². The largest absolute Gasteiger partial charge is 0.396 e. The van der Waals surface area contributed by atoms with Crippen LogP contribution in [-0.2, 0) is 0 Å². The minimum absolute atomic E-state index is 0.0571. The molecule has 1 unspecified atom stereocenters. The van der Waals surface area contributed by atoms with Gasteiger partial charge in [-0.3, -0.25) is 14.9 Å². The van der Waals surface area contributed by atoms with Crippen molar-refractivity contribution in [2.75, 3.05) is 24.8 Å². The van der Waals surface area contributed by atoms with Crippen LogP contribution in [0.2, 0.25) is 0 Å². The third-order valence-corrected chi connectivity index (χ3v) is 3.96. The molecule has 2 N–H and O–H groups in total. The normalized spacial score (nSPS) is 12.0. The number of benzene rings is 1. The lowest BCUT2D eigenvalue weighted by Crippen LogP contribution is -2.38. The van der Waals surface area contributed by atoms with Gasteiger partial charge in [0.25, 0.3) is 11.6 Å². The quantitative estimate of drug-likeness (QED) is 0.495. The van der Waals surface area contributed by atoms with Crippen LogP contribution in [0.4, 0.5) is 15.8 Å².